The zero-order valence-corrected chi connectivity index (χ0v) is 26.1. The maximum atomic E-state index is 14.0. The highest BCUT2D eigenvalue weighted by atomic mass is 28.3. The van der Waals surface area contributed by atoms with Crippen LogP contribution in [0.2, 0.25) is 25.7 Å². The molecule has 3 aromatic heterocycles. The van der Waals surface area contributed by atoms with E-state index >= 15 is 0 Å². The lowest BCUT2D eigenvalue weighted by Gasteiger charge is -2.41. The Balaban J connectivity index is 1.26. The first kappa shape index (κ1) is 30.2. The first-order valence-electron chi connectivity index (χ1n) is 14.4. The van der Waals surface area contributed by atoms with E-state index in [1.54, 1.807) is 17.2 Å². The third-order valence-electron chi connectivity index (χ3n) is 8.15. The first-order valence-corrected chi connectivity index (χ1v) is 18.1. The largest absolute Gasteiger partial charge is 0.433 e. The van der Waals surface area contributed by atoms with E-state index in [1.165, 1.54) is 17.2 Å². The molecule has 1 saturated heterocycles. The van der Waals surface area contributed by atoms with Crippen molar-refractivity contribution in [1.29, 1.82) is 0 Å². The molecule has 0 radical (unpaired) electrons. The maximum Gasteiger partial charge on any atom is 0.433 e. The van der Waals surface area contributed by atoms with Crippen molar-refractivity contribution in [3.8, 4) is 11.1 Å². The highest BCUT2D eigenvalue weighted by Gasteiger charge is 2.43. The van der Waals surface area contributed by atoms with E-state index in [0.29, 0.717) is 37.4 Å². The number of pyridine rings is 1. The van der Waals surface area contributed by atoms with Crippen LogP contribution in [-0.2, 0) is 47.8 Å². The van der Waals surface area contributed by atoms with Crippen LogP contribution in [0.25, 0.3) is 11.1 Å². The van der Waals surface area contributed by atoms with Gasteiger partial charge in [0, 0.05) is 50.9 Å². The van der Waals surface area contributed by atoms with Crippen LogP contribution in [0, 0.1) is 0 Å². The molecule has 0 N–H and O–H groups in total. The van der Waals surface area contributed by atoms with E-state index in [9.17, 15) is 18.0 Å². The topological polar surface area (TPSA) is 100 Å². The van der Waals surface area contributed by atoms with Gasteiger partial charge >= 0.3 is 6.18 Å². The van der Waals surface area contributed by atoms with Gasteiger partial charge in [-0.05, 0) is 40.9 Å². The lowest BCUT2D eigenvalue weighted by Crippen LogP contribution is -2.49. The second-order valence-corrected chi connectivity index (χ2v) is 18.4. The standard InChI is InChI=1S/C30H34F3N7O3Si/c1-38-18-34-37-27(38)12-29(16-43-17-29)23-6-5-20-15-40(28(41)24(20)11-23)26-10-21(9-25(36-26)30(31,32)33)22-13-35-39(14-22)19-42-7-8-44(2,3)4/h5-6,9-11,13-14,18H,7-8,12,15-17,19H2,1-4H3. The van der Waals surface area contributed by atoms with Gasteiger partial charge in [-0.25, -0.2) is 9.67 Å². The zero-order valence-electron chi connectivity index (χ0n) is 25.1. The summed E-state index contributed by atoms with van der Waals surface area (Å²) in [6.45, 7) is 8.59. The number of hydrogen-bond acceptors (Lipinski definition) is 7. The number of amides is 1. The number of aryl methyl sites for hydroxylation is 1. The average Bonchev–Trinajstić information content (AvgIpc) is 3.66. The summed E-state index contributed by atoms with van der Waals surface area (Å²) < 4.78 is 56.7. The molecule has 0 spiro atoms. The van der Waals surface area contributed by atoms with Crippen LogP contribution in [0.15, 0.2) is 49.1 Å². The SMILES string of the molecule is Cn1cnnc1CC1(c2ccc3c(c2)C(=O)N(c2cc(-c4cnn(COCC[Si](C)(C)C)c4)cc(C(F)(F)F)n2)C3)COC1. The Morgan fingerprint density at radius 3 is 2.57 bits per heavy atom. The molecule has 1 fully saturated rings. The van der Waals surface area contributed by atoms with Crippen LogP contribution < -0.4 is 4.90 Å². The highest BCUT2D eigenvalue weighted by molar-refractivity contribution is 6.76. The Morgan fingerprint density at radius 1 is 1.11 bits per heavy atom. The Morgan fingerprint density at radius 2 is 1.91 bits per heavy atom. The van der Waals surface area contributed by atoms with Gasteiger partial charge in [-0.15, -0.1) is 10.2 Å². The van der Waals surface area contributed by atoms with Crippen molar-refractivity contribution < 1.29 is 27.4 Å². The lowest BCUT2D eigenvalue weighted by molar-refractivity contribution is -0.141. The highest BCUT2D eigenvalue weighted by Crippen LogP contribution is 2.40. The summed E-state index contributed by atoms with van der Waals surface area (Å²) in [7, 11) is 0.618. The van der Waals surface area contributed by atoms with E-state index in [1.807, 2.05) is 29.8 Å². The number of anilines is 1. The number of aromatic nitrogens is 6. The van der Waals surface area contributed by atoms with Gasteiger partial charge in [0.2, 0.25) is 0 Å². The summed E-state index contributed by atoms with van der Waals surface area (Å²) in [4.78, 5) is 18.9. The number of ether oxygens (including phenoxy) is 2. The lowest BCUT2D eigenvalue weighted by atomic mass is 9.75. The van der Waals surface area contributed by atoms with E-state index in [4.69, 9.17) is 9.47 Å². The molecular weight excluding hydrogens is 591 g/mol. The van der Waals surface area contributed by atoms with Gasteiger partial charge in [-0.2, -0.15) is 18.3 Å². The molecular formula is C30H34F3N7O3Si. The number of carbonyl (C=O) groups excluding carboxylic acids is 1. The monoisotopic (exact) mass is 625 g/mol. The second kappa shape index (κ2) is 11.2. The minimum atomic E-state index is -4.71. The molecule has 5 heterocycles. The zero-order chi connectivity index (χ0) is 31.3. The van der Waals surface area contributed by atoms with Gasteiger partial charge < -0.3 is 14.0 Å². The number of halogens is 3. The van der Waals surface area contributed by atoms with Crippen LogP contribution in [0.1, 0.15) is 33.0 Å². The predicted molar refractivity (Wildman–Crippen MR) is 159 cm³/mol. The smallest absolute Gasteiger partial charge is 0.379 e. The molecule has 0 saturated carbocycles. The van der Waals surface area contributed by atoms with E-state index in [-0.39, 0.29) is 30.1 Å². The molecule has 0 unspecified atom stereocenters. The van der Waals surface area contributed by atoms with Gasteiger partial charge in [-0.3, -0.25) is 9.69 Å². The number of benzene rings is 1. The number of fused-ring (bicyclic) bond motifs is 1. The fourth-order valence-electron chi connectivity index (χ4n) is 5.39. The third kappa shape index (κ3) is 6.06. The molecule has 232 valence electrons. The molecule has 10 nitrogen and oxygen atoms in total. The Kier molecular flexibility index (Phi) is 7.70. The molecule has 2 aliphatic heterocycles. The summed E-state index contributed by atoms with van der Waals surface area (Å²) in [5.74, 6) is 0.321. The molecule has 4 aromatic rings. The number of nitrogens with zero attached hydrogens (tertiary/aromatic N) is 7. The molecule has 1 amide bonds. The molecule has 6 rings (SSSR count). The van der Waals surface area contributed by atoms with Crippen molar-refractivity contribution in [3.05, 3.63) is 77.3 Å². The third-order valence-corrected chi connectivity index (χ3v) is 9.85. The van der Waals surface area contributed by atoms with E-state index < -0.39 is 25.9 Å². The van der Waals surface area contributed by atoms with Crippen LogP contribution >= 0.6 is 0 Å². The summed E-state index contributed by atoms with van der Waals surface area (Å²) in [5, 5.41) is 12.4. The average molecular weight is 626 g/mol. The van der Waals surface area contributed by atoms with Crippen LogP contribution in [0.3, 0.4) is 0 Å². The van der Waals surface area contributed by atoms with Crippen molar-refractivity contribution in [2.24, 2.45) is 7.05 Å². The van der Waals surface area contributed by atoms with Crippen LogP contribution in [-0.4, -0.2) is 63.3 Å². The predicted octanol–water partition coefficient (Wildman–Crippen LogP) is 5.08. The number of carbonyl (C=O) groups is 1. The van der Waals surface area contributed by atoms with Gasteiger partial charge in [-0.1, -0.05) is 31.8 Å². The van der Waals surface area contributed by atoms with Crippen molar-refractivity contribution >= 4 is 19.8 Å². The van der Waals surface area contributed by atoms with Gasteiger partial charge in [0.05, 0.1) is 26.0 Å². The quantitative estimate of drug-likeness (QED) is 0.179. The van der Waals surface area contributed by atoms with Gasteiger partial charge in [0.1, 0.15) is 30.4 Å². The maximum absolute atomic E-state index is 14.0. The second-order valence-electron chi connectivity index (χ2n) is 12.8. The summed E-state index contributed by atoms with van der Waals surface area (Å²) in [6, 6.07) is 9.13. The van der Waals surface area contributed by atoms with Crippen molar-refractivity contribution in [1.82, 2.24) is 29.5 Å². The van der Waals surface area contributed by atoms with E-state index in [0.717, 1.165) is 29.1 Å². The molecule has 44 heavy (non-hydrogen) atoms. The molecule has 1 aromatic carbocycles. The fourth-order valence-corrected chi connectivity index (χ4v) is 6.15. The number of hydrogen-bond donors (Lipinski definition) is 0. The Hall–Kier alpha value is -3.88. The van der Waals surface area contributed by atoms with E-state index in [2.05, 4.69) is 39.9 Å². The first-order chi connectivity index (χ1) is 20.8. The Bertz CT molecular complexity index is 1690. The fraction of sp³-hybridized carbons (Fsp3) is 0.433. The van der Waals surface area contributed by atoms with Crippen LogP contribution in [0.5, 0.6) is 0 Å². The van der Waals surface area contributed by atoms with Crippen LogP contribution in [0.4, 0.5) is 19.0 Å². The minimum absolute atomic E-state index is 0.0718. The van der Waals surface area contributed by atoms with Crippen molar-refractivity contribution in [3.63, 3.8) is 0 Å². The molecule has 0 aliphatic carbocycles. The molecule has 0 bridgehead atoms. The molecule has 2 aliphatic rings. The van der Waals surface area contributed by atoms with Crippen molar-refractivity contribution in [2.45, 2.75) is 57.0 Å². The normalized spacial score (nSPS) is 16.3. The summed E-state index contributed by atoms with van der Waals surface area (Å²) in [5.41, 5.74) is 1.35. The summed E-state index contributed by atoms with van der Waals surface area (Å²) in [6.07, 6.45) is 0.635. The minimum Gasteiger partial charge on any atom is -0.379 e. The van der Waals surface area contributed by atoms with Gasteiger partial charge in [0.15, 0.2) is 0 Å². The Labute approximate surface area is 253 Å². The summed E-state index contributed by atoms with van der Waals surface area (Å²) >= 11 is 0. The van der Waals surface area contributed by atoms with Gasteiger partial charge in [0.25, 0.3) is 5.91 Å². The molecule has 0 atom stereocenters. The number of alkyl halides is 3. The van der Waals surface area contributed by atoms with Crippen molar-refractivity contribution in [2.75, 3.05) is 24.7 Å². The molecule has 14 heteroatoms. The number of rotatable bonds is 10.